The highest BCUT2D eigenvalue weighted by atomic mass is 16.5. The van der Waals surface area contributed by atoms with Gasteiger partial charge in [0.25, 0.3) is 5.89 Å². The largest absolute Gasteiger partial charge is 0.484 e. The predicted molar refractivity (Wildman–Crippen MR) is 104 cm³/mol. The summed E-state index contributed by atoms with van der Waals surface area (Å²) < 4.78 is 11.0. The number of ether oxygens (including phenoxy) is 1. The molecule has 5 nitrogen and oxygen atoms in total. The third-order valence-corrected chi connectivity index (χ3v) is 4.36. The van der Waals surface area contributed by atoms with Crippen LogP contribution in [0.2, 0.25) is 0 Å². The standard InChI is InChI=1S/C22H24N2O3/c1-15(2)18-8-10-19(11-9-18)22-23-21(27-24-22)14-26-20-12-6-17(7-13-20)5-4-16(3)25/h6-13,15H,4-5,14H2,1-3H3. The summed E-state index contributed by atoms with van der Waals surface area (Å²) >= 11 is 0. The molecule has 2 aromatic carbocycles. The molecule has 0 amide bonds. The van der Waals surface area contributed by atoms with Crippen molar-refractivity contribution in [1.82, 2.24) is 10.1 Å². The fraction of sp³-hybridized carbons (Fsp3) is 0.318. The highest BCUT2D eigenvalue weighted by molar-refractivity contribution is 5.75. The van der Waals surface area contributed by atoms with Crippen molar-refractivity contribution in [3.05, 3.63) is 65.5 Å². The molecule has 0 N–H and O–H groups in total. The lowest BCUT2D eigenvalue weighted by molar-refractivity contribution is -0.116. The van der Waals surface area contributed by atoms with Gasteiger partial charge in [-0.05, 0) is 42.5 Å². The minimum absolute atomic E-state index is 0.196. The van der Waals surface area contributed by atoms with Gasteiger partial charge in [-0.25, -0.2) is 0 Å². The van der Waals surface area contributed by atoms with Gasteiger partial charge in [-0.2, -0.15) is 4.98 Å². The highest BCUT2D eigenvalue weighted by Crippen LogP contribution is 2.21. The van der Waals surface area contributed by atoms with E-state index in [0.717, 1.165) is 23.3 Å². The van der Waals surface area contributed by atoms with Gasteiger partial charge in [0.05, 0.1) is 0 Å². The second-order valence-corrected chi connectivity index (χ2v) is 6.92. The van der Waals surface area contributed by atoms with Crippen molar-refractivity contribution >= 4 is 5.78 Å². The molecule has 140 valence electrons. The van der Waals surface area contributed by atoms with Crippen LogP contribution in [0.5, 0.6) is 5.75 Å². The molecule has 0 bridgehead atoms. The molecule has 1 aromatic heterocycles. The Morgan fingerprint density at radius 2 is 1.78 bits per heavy atom. The summed E-state index contributed by atoms with van der Waals surface area (Å²) in [6.07, 6.45) is 1.31. The summed E-state index contributed by atoms with van der Waals surface area (Å²) in [6.45, 7) is 6.14. The summed E-state index contributed by atoms with van der Waals surface area (Å²) in [5, 5.41) is 4.03. The maximum absolute atomic E-state index is 11.0. The monoisotopic (exact) mass is 364 g/mol. The maximum atomic E-state index is 11.0. The lowest BCUT2D eigenvalue weighted by Crippen LogP contribution is -1.97. The van der Waals surface area contributed by atoms with Crippen molar-refractivity contribution in [3.63, 3.8) is 0 Å². The molecule has 0 aliphatic carbocycles. The topological polar surface area (TPSA) is 65.2 Å². The Hall–Kier alpha value is -2.95. The number of aryl methyl sites for hydroxylation is 1. The molecule has 0 aliphatic heterocycles. The van der Waals surface area contributed by atoms with Gasteiger partial charge in [0.1, 0.15) is 11.5 Å². The van der Waals surface area contributed by atoms with E-state index in [1.807, 2.05) is 36.4 Å². The molecule has 3 aromatic rings. The van der Waals surface area contributed by atoms with Gasteiger partial charge in [0, 0.05) is 12.0 Å². The SMILES string of the molecule is CC(=O)CCc1ccc(OCc2nc(-c3ccc(C(C)C)cc3)no2)cc1. The van der Waals surface area contributed by atoms with Gasteiger partial charge in [0.2, 0.25) is 5.82 Å². The highest BCUT2D eigenvalue weighted by Gasteiger charge is 2.10. The van der Waals surface area contributed by atoms with E-state index in [1.165, 1.54) is 5.56 Å². The summed E-state index contributed by atoms with van der Waals surface area (Å²) in [7, 11) is 0. The zero-order valence-corrected chi connectivity index (χ0v) is 15.9. The molecule has 5 heteroatoms. The number of hydrogen-bond acceptors (Lipinski definition) is 5. The zero-order chi connectivity index (χ0) is 19.2. The van der Waals surface area contributed by atoms with Crippen LogP contribution in [0.3, 0.4) is 0 Å². The van der Waals surface area contributed by atoms with Crippen LogP contribution in [-0.4, -0.2) is 15.9 Å². The van der Waals surface area contributed by atoms with E-state index in [-0.39, 0.29) is 12.4 Å². The third-order valence-electron chi connectivity index (χ3n) is 4.36. The Bertz CT molecular complexity index is 881. The fourth-order valence-electron chi connectivity index (χ4n) is 2.67. The van der Waals surface area contributed by atoms with Crippen molar-refractivity contribution in [2.75, 3.05) is 0 Å². The third kappa shape index (κ3) is 5.26. The average Bonchev–Trinajstić information content (AvgIpc) is 3.14. The predicted octanol–water partition coefficient (Wildman–Crippen LogP) is 4.96. The van der Waals surface area contributed by atoms with Crippen molar-refractivity contribution in [2.45, 2.75) is 46.1 Å². The minimum Gasteiger partial charge on any atom is -0.484 e. The van der Waals surface area contributed by atoms with Crippen LogP contribution in [-0.2, 0) is 17.8 Å². The van der Waals surface area contributed by atoms with Gasteiger partial charge < -0.3 is 14.1 Å². The molecule has 0 aliphatic rings. The van der Waals surface area contributed by atoms with Crippen LogP contribution >= 0.6 is 0 Å². The quantitative estimate of drug-likeness (QED) is 0.565. The number of carbonyl (C=O) groups is 1. The van der Waals surface area contributed by atoms with Crippen molar-refractivity contribution in [2.24, 2.45) is 0 Å². The summed E-state index contributed by atoms with van der Waals surface area (Å²) in [4.78, 5) is 15.4. The lowest BCUT2D eigenvalue weighted by atomic mass is 10.0. The second-order valence-electron chi connectivity index (χ2n) is 6.92. The molecule has 0 unspecified atom stereocenters. The molecule has 0 spiro atoms. The number of hydrogen-bond donors (Lipinski definition) is 0. The number of nitrogens with zero attached hydrogens (tertiary/aromatic N) is 2. The van der Waals surface area contributed by atoms with Gasteiger partial charge in [0.15, 0.2) is 6.61 Å². The van der Waals surface area contributed by atoms with Crippen molar-refractivity contribution < 1.29 is 14.1 Å². The van der Waals surface area contributed by atoms with Gasteiger partial charge in [-0.15, -0.1) is 0 Å². The lowest BCUT2D eigenvalue weighted by Gasteiger charge is -2.05. The first kappa shape index (κ1) is 18.8. The first-order valence-corrected chi connectivity index (χ1v) is 9.15. The molecule has 0 fully saturated rings. The average molecular weight is 364 g/mol. The Kier molecular flexibility index (Phi) is 6.01. The smallest absolute Gasteiger partial charge is 0.264 e. The van der Waals surface area contributed by atoms with Crippen LogP contribution in [0.15, 0.2) is 53.1 Å². The first-order valence-electron chi connectivity index (χ1n) is 9.15. The Morgan fingerprint density at radius 3 is 2.41 bits per heavy atom. The van der Waals surface area contributed by atoms with Crippen molar-refractivity contribution in [1.29, 1.82) is 0 Å². The second kappa shape index (κ2) is 8.62. The van der Waals surface area contributed by atoms with Crippen LogP contribution < -0.4 is 4.74 Å². The number of Topliss-reactive ketones (excluding diaryl/α,β-unsaturated/α-hetero) is 1. The molecule has 3 rings (SSSR count). The molecule has 0 saturated heterocycles. The molecule has 1 heterocycles. The first-order chi connectivity index (χ1) is 13.0. The maximum Gasteiger partial charge on any atom is 0.264 e. The summed E-state index contributed by atoms with van der Waals surface area (Å²) in [5.74, 6) is 2.40. The molecule has 0 radical (unpaired) electrons. The van der Waals surface area contributed by atoms with Gasteiger partial charge in [-0.3, -0.25) is 0 Å². The molecular weight excluding hydrogens is 340 g/mol. The van der Waals surface area contributed by atoms with E-state index in [1.54, 1.807) is 6.92 Å². The van der Waals surface area contributed by atoms with E-state index in [0.29, 0.717) is 24.1 Å². The number of benzene rings is 2. The molecular formula is C22H24N2O3. The molecule has 0 saturated carbocycles. The van der Waals surface area contributed by atoms with Crippen LogP contribution in [0, 0.1) is 0 Å². The van der Waals surface area contributed by atoms with Crippen LogP contribution in [0.25, 0.3) is 11.4 Å². The Balaban J connectivity index is 1.57. The fourth-order valence-corrected chi connectivity index (χ4v) is 2.67. The number of rotatable bonds is 8. The Labute approximate surface area is 159 Å². The minimum atomic E-state index is 0.196. The van der Waals surface area contributed by atoms with Gasteiger partial charge in [-0.1, -0.05) is 55.4 Å². The van der Waals surface area contributed by atoms with E-state index in [2.05, 4.69) is 36.1 Å². The normalized spacial score (nSPS) is 11.0. The van der Waals surface area contributed by atoms with Crippen LogP contribution in [0.4, 0.5) is 0 Å². The van der Waals surface area contributed by atoms with E-state index in [4.69, 9.17) is 9.26 Å². The Morgan fingerprint density at radius 1 is 1.07 bits per heavy atom. The zero-order valence-electron chi connectivity index (χ0n) is 15.9. The van der Waals surface area contributed by atoms with E-state index in [9.17, 15) is 4.79 Å². The summed E-state index contributed by atoms with van der Waals surface area (Å²) in [6, 6.07) is 15.9. The molecule has 0 atom stereocenters. The number of aromatic nitrogens is 2. The molecule has 27 heavy (non-hydrogen) atoms. The van der Waals surface area contributed by atoms with E-state index < -0.39 is 0 Å². The number of ketones is 1. The summed E-state index contributed by atoms with van der Waals surface area (Å²) in [5.41, 5.74) is 3.31. The van der Waals surface area contributed by atoms with Gasteiger partial charge >= 0.3 is 0 Å². The van der Waals surface area contributed by atoms with E-state index >= 15 is 0 Å². The number of carbonyl (C=O) groups excluding carboxylic acids is 1. The van der Waals surface area contributed by atoms with Crippen LogP contribution in [0.1, 0.15) is 50.1 Å². The van der Waals surface area contributed by atoms with Crippen molar-refractivity contribution in [3.8, 4) is 17.1 Å².